The summed E-state index contributed by atoms with van der Waals surface area (Å²) < 4.78 is 0. The first-order valence-corrected chi connectivity index (χ1v) is 9.77. The highest BCUT2D eigenvalue weighted by atomic mass is 16.1. The highest BCUT2D eigenvalue weighted by Gasteiger charge is 2.24. The van der Waals surface area contributed by atoms with Crippen molar-refractivity contribution in [2.24, 2.45) is 5.92 Å². The van der Waals surface area contributed by atoms with E-state index in [0.717, 1.165) is 50.1 Å². The van der Waals surface area contributed by atoms with Crippen LogP contribution < -0.4 is 4.90 Å². The van der Waals surface area contributed by atoms with Crippen LogP contribution in [0, 0.1) is 17.2 Å². The predicted octanol–water partition coefficient (Wildman–Crippen LogP) is 3.96. The summed E-state index contributed by atoms with van der Waals surface area (Å²) >= 11 is 0. The molecule has 0 bridgehead atoms. The first-order chi connectivity index (χ1) is 12.3. The summed E-state index contributed by atoms with van der Waals surface area (Å²) in [4.78, 5) is 15.9. The number of rotatable bonds is 6. The summed E-state index contributed by atoms with van der Waals surface area (Å²) in [5.41, 5.74) is 1.83. The second-order valence-corrected chi connectivity index (χ2v) is 7.51. The number of carbonyl (C=O) groups excluding carboxylic acids is 1. The van der Waals surface area contributed by atoms with Gasteiger partial charge in [-0.15, -0.1) is 0 Å². The van der Waals surface area contributed by atoms with Gasteiger partial charge in [0.15, 0.2) is 0 Å². The molecule has 4 heteroatoms. The van der Waals surface area contributed by atoms with E-state index < -0.39 is 0 Å². The van der Waals surface area contributed by atoms with Crippen molar-refractivity contribution in [3.05, 3.63) is 29.8 Å². The molecule has 1 amide bonds. The van der Waals surface area contributed by atoms with Crippen LogP contribution in [0.15, 0.2) is 24.3 Å². The molecule has 1 aromatic rings. The summed E-state index contributed by atoms with van der Waals surface area (Å²) in [7, 11) is 0. The topological polar surface area (TPSA) is 47.3 Å². The van der Waals surface area contributed by atoms with Crippen LogP contribution in [0.2, 0.25) is 0 Å². The van der Waals surface area contributed by atoms with Crippen molar-refractivity contribution in [2.45, 2.75) is 57.4 Å². The second-order valence-electron chi connectivity index (χ2n) is 7.51. The van der Waals surface area contributed by atoms with Crippen molar-refractivity contribution in [2.75, 3.05) is 24.5 Å². The summed E-state index contributed by atoms with van der Waals surface area (Å²) in [5.74, 6) is 0.603. The van der Waals surface area contributed by atoms with Crippen molar-refractivity contribution in [1.29, 1.82) is 5.26 Å². The SMILES string of the molecule is N#Cc1ccccc1N1CCCC(CCN(C=O)C2CCCCC2)C1. The van der Waals surface area contributed by atoms with Gasteiger partial charge in [0.1, 0.15) is 6.07 Å². The molecule has 1 unspecified atom stereocenters. The van der Waals surface area contributed by atoms with Crippen LogP contribution in [0.5, 0.6) is 0 Å². The summed E-state index contributed by atoms with van der Waals surface area (Å²) in [6, 6.07) is 10.7. The molecule has 0 radical (unpaired) electrons. The maximum Gasteiger partial charge on any atom is 0.209 e. The van der Waals surface area contributed by atoms with Gasteiger partial charge in [0, 0.05) is 25.7 Å². The molecule has 1 aliphatic carbocycles. The number of benzene rings is 1. The van der Waals surface area contributed by atoms with Crippen LogP contribution in [0.1, 0.15) is 56.9 Å². The Morgan fingerprint density at radius 2 is 1.96 bits per heavy atom. The Labute approximate surface area is 151 Å². The molecule has 1 atom stereocenters. The van der Waals surface area contributed by atoms with Crippen molar-refractivity contribution in [3.63, 3.8) is 0 Å². The third kappa shape index (κ3) is 4.54. The standard InChI is InChI=1S/C21H29N3O/c22-15-19-8-4-5-11-21(19)23-13-6-7-18(16-23)12-14-24(17-25)20-9-2-1-3-10-20/h4-5,8,11,17-18,20H,1-3,6-7,9-10,12-14,16H2. The molecular weight excluding hydrogens is 310 g/mol. The molecule has 0 aromatic heterocycles. The van der Waals surface area contributed by atoms with Gasteiger partial charge in [0.2, 0.25) is 6.41 Å². The van der Waals surface area contributed by atoms with E-state index in [1.807, 2.05) is 18.2 Å². The summed E-state index contributed by atoms with van der Waals surface area (Å²) in [6.45, 7) is 2.90. The van der Waals surface area contributed by atoms with E-state index in [-0.39, 0.29) is 0 Å². The predicted molar refractivity (Wildman–Crippen MR) is 100 cm³/mol. The first-order valence-electron chi connectivity index (χ1n) is 9.77. The lowest BCUT2D eigenvalue weighted by molar-refractivity contribution is -0.121. The maximum absolute atomic E-state index is 11.5. The van der Waals surface area contributed by atoms with E-state index >= 15 is 0 Å². The third-order valence-electron chi connectivity index (χ3n) is 5.86. The Bertz CT molecular complexity index is 603. The molecular formula is C21H29N3O. The van der Waals surface area contributed by atoms with E-state index in [1.54, 1.807) is 0 Å². The minimum absolute atomic E-state index is 0.463. The van der Waals surface area contributed by atoms with Crippen LogP contribution in [0.25, 0.3) is 0 Å². The van der Waals surface area contributed by atoms with Crippen LogP contribution in [0.3, 0.4) is 0 Å². The van der Waals surface area contributed by atoms with E-state index in [1.165, 1.54) is 38.5 Å². The highest BCUT2D eigenvalue weighted by molar-refractivity contribution is 5.59. The number of para-hydroxylation sites is 1. The lowest BCUT2D eigenvalue weighted by Crippen LogP contribution is -2.40. The number of hydrogen-bond acceptors (Lipinski definition) is 3. The molecule has 1 heterocycles. The molecule has 134 valence electrons. The molecule has 1 aliphatic heterocycles. The van der Waals surface area contributed by atoms with Crippen molar-refractivity contribution in [3.8, 4) is 6.07 Å². The van der Waals surface area contributed by atoms with Gasteiger partial charge in [-0.1, -0.05) is 31.4 Å². The van der Waals surface area contributed by atoms with Gasteiger partial charge < -0.3 is 9.80 Å². The van der Waals surface area contributed by atoms with Gasteiger partial charge in [-0.3, -0.25) is 4.79 Å². The van der Waals surface area contributed by atoms with Crippen molar-refractivity contribution < 1.29 is 4.79 Å². The molecule has 3 rings (SSSR count). The molecule has 2 aliphatic rings. The number of nitriles is 1. The van der Waals surface area contributed by atoms with Gasteiger partial charge >= 0.3 is 0 Å². The lowest BCUT2D eigenvalue weighted by Gasteiger charge is -2.37. The summed E-state index contributed by atoms with van der Waals surface area (Å²) in [6.07, 6.45) is 10.7. The fourth-order valence-corrected chi connectivity index (χ4v) is 4.43. The van der Waals surface area contributed by atoms with Crippen LogP contribution in [-0.4, -0.2) is 37.0 Å². The van der Waals surface area contributed by atoms with E-state index in [4.69, 9.17) is 0 Å². The van der Waals surface area contributed by atoms with Crippen LogP contribution in [0.4, 0.5) is 5.69 Å². The molecule has 1 saturated heterocycles. The van der Waals surface area contributed by atoms with Crippen LogP contribution >= 0.6 is 0 Å². The van der Waals surface area contributed by atoms with Gasteiger partial charge in [-0.2, -0.15) is 5.26 Å². The Kier molecular flexibility index (Phi) is 6.33. The van der Waals surface area contributed by atoms with Gasteiger partial charge in [0.05, 0.1) is 11.3 Å². The number of hydrogen-bond donors (Lipinski definition) is 0. The van der Waals surface area contributed by atoms with E-state index in [0.29, 0.717) is 12.0 Å². The first kappa shape index (κ1) is 17.8. The largest absolute Gasteiger partial charge is 0.370 e. The average Bonchev–Trinajstić information content (AvgIpc) is 2.69. The fraction of sp³-hybridized carbons (Fsp3) is 0.619. The van der Waals surface area contributed by atoms with E-state index in [2.05, 4.69) is 21.9 Å². The number of anilines is 1. The van der Waals surface area contributed by atoms with E-state index in [9.17, 15) is 10.1 Å². The quantitative estimate of drug-likeness (QED) is 0.737. The molecule has 1 saturated carbocycles. The molecule has 0 spiro atoms. The molecule has 25 heavy (non-hydrogen) atoms. The number of amides is 1. The minimum atomic E-state index is 0.463. The molecule has 1 aromatic carbocycles. The molecule has 0 N–H and O–H groups in total. The van der Waals surface area contributed by atoms with Crippen molar-refractivity contribution >= 4 is 12.1 Å². The zero-order valence-corrected chi connectivity index (χ0v) is 15.1. The molecule has 4 nitrogen and oxygen atoms in total. The summed E-state index contributed by atoms with van der Waals surface area (Å²) in [5, 5.41) is 9.35. The Morgan fingerprint density at radius 3 is 2.72 bits per heavy atom. The average molecular weight is 339 g/mol. The smallest absolute Gasteiger partial charge is 0.209 e. The third-order valence-corrected chi connectivity index (χ3v) is 5.86. The van der Waals surface area contributed by atoms with Gasteiger partial charge in [0.25, 0.3) is 0 Å². The zero-order valence-electron chi connectivity index (χ0n) is 15.1. The zero-order chi connectivity index (χ0) is 17.5. The normalized spacial score (nSPS) is 21.6. The second kappa shape index (κ2) is 8.89. The monoisotopic (exact) mass is 339 g/mol. The lowest BCUT2D eigenvalue weighted by atomic mass is 9.91. The Morgan fingerprint density at radius 1 is 1.16 bits per heavy atom. The van der Waals surface area contributed by atoms with Gasteiger partial charge in [-0.05, 0) is 50.2 Å². The Hall–Kier alpha value is -2.02. The molecule has 2 fully saturated rings. The highest BCUT2D eigenvalue weighted by Crippen LogP contribution is 2.28. The number of piperidine rings is 1. The Balaban J connectivity index is 1.56. The van der Waals surface area contributed by atoms with Gasteiger partial charge in [-0.25, -0.2) is 0 Å². The van der Waals surface area contributed by atoms with Crippen LogP contribution in [-0.2, 0) is 4.79 Å². The number of carbonyl (C=O) groups is 1. The minimum Gasteiger partial charge on any atom is -0.370 e. The van der Waals surface area contributed by atoms with Crippen molar-refractivity contribution in [1.82, 2.24) is 4.90 Å². The maximum atomic E-state index is 11.5. The number of nitrogens with zero attached hydrogens (tertiary/aromatic N) is 3. The fourth-order valence-electron chi connectivity index (χ4n) is 4.43.